The number of furan rings is 1. The van der Waals surface area contributed by atoms with Crippen molar-refractivity contribution in [2.24, 2.45) is 0 Å². The molecule has 0 fully saturated rings. The van der Waals surface area contributed by atoms with Crippen LogP contribution < -0.4 is 4.90 Å². The Kier molecular flexibility index (Phi) is 7.18. The van der Waals surface area contributed by atoms with Gasteiger partial charge in [0.15, 0.2) is 0 Å². The zero-order valence-electron chi connectivity index (χ0n) is 28.4. The molecule has 0 spiro atoms. The summed E-state index contributed by atoms with van der Waals surface area (Å²) in [5.41, 5.74) is 10.00. The molecule has 0 N–H and O–H groups in total. The van der Waals surface area contributed by atoms with Crippen molar-refractivity contribution in [3.63, 3.8) is 0 Å². The van der Waals surface area contributed by atoms with Crippen LogP contribution in [-0.2, 0) is 0 Å². The number of hydrogen-bond donors (Lipinski definition) is 0. The third-order valence-corrected chi connectivity index (χ3v) is 10.2. The summed E-state index contributed by atoms with van der Waals surface area (Å²) in [7, 11) is 0. The van der Waals surface area contributed by atoms with Crippen LogP contribution in [-0.4, -0.2) is 0 Å². The number of hydrogen-bond acceptors (Lipinski definition) is 2. The molecule has 0 amide bonds. The van der Waals surface area contributed by atoms with Crippen molar-refractivity contribution in [1.29, 1.82) is 0 Å². The minimum Gasteiger partial charge on any atom is -0.456 e. The maximum Gasteiger partial charge on any atom is 0.135 e. The summed E-state index contributed by atoms with van der Waals surface area (Å²) < 4.78 is 6.30. The Morgan fingerprint density at radius 3 is 1.69 bits per heavy atom. The molecular formula is C50H33NO. The average molecular weight is 664 g/mol. The van der Waals surface area contributed by atoms with Crippen LogP contribution in [0.5, 0.6) is 0 Å². The molecule has 0 radical (unpaired) electrons. The summed E-state index contributed by atoms with van der Waals surface area (Å²) in [6.07, 6.45) is 0. The molecule has 0 saturated heterocycles. The molecule has 2 heteroatoms. The first-order chi connectivity index (χ1) is 25.7. The zero-order chi connectivity index (χ0) is 34.4. The van der Waals surface area contributed by atoms with Gasteiger partial charge in [-0.25, -0.2) is 0 Å². The number of fused-ring (bicyclic) bond motifs is 5. The monoisotopic (exact) mass is 663 g/mol. The largest absolute Gasteiger partial charge is 0.456 e. The quantitative estimate of drug-likeness (QED) is 0.165. The predicted molar refractivity (Wildman–Crippen MR) is 220 cm³/mol. The molecule has 0 bridgehead atoms. The third-order valence-electron chi connectivity index (χ3n) is 10.2. The number of para-hydroxylation sites is 1. The number of anilines is 3. The fourth-order valence-corrected chi connectivity index (χ4v) is 7.63. The van der Waals surface area contributed by atoms with Crippen molar-refractivity contribution in [3.05, 3.63) is 200 Å². The SMILES string of the molecule is c1cc(-c2cc3ccccc3o2)cc(N(c2ccc(-c3ccc(-c4cccc5ccccc45)cc3)cc2)c2ccc3c(ccc4ccccc43)c2)c1. The lowest BCUT2D eigenvalue weighted by molar-refractivity contribution is 0.631. The van der Waals surface area contributed by atoms with Crippen LogP contribution in [0.4, 0.5) is 17.1 Å². The smallest absolute Gasteiger partial charge is 0.135 e. The van der Waals surface area contributed by atoms with E-state index in [1.54, 1.807) is 0 Å². The lowest BCUT2D eigenvalue weighted by Gasteiger charge is -2.26. The van der Waals surface area contributed by atoms with Gasteiger partial charge in [0.05, 0.1) is 0 Å². The van der Waals surface area contributed by atoms with E-state index in [1.807, 2.05) is 18.2 Å². The zero-order valence-corrected chi connectivity index (χ0v) is 28.4. The van der Waals surface area contributed by atoms with Crippen LogP contribution in [0.1, 0.15) is 0 Å². The highest BCUT2D eigenvalue weighted by molar-refractivity contribution is 6.08. The third kappa shape index (κ3) is 5.30. The maximum absolute atomic E-state index is 6.30. The molecule has 9 aromatic carbocycles. The van der Waals surface area contributed by atoms with Crippen molar-refractivity contribution >= 4 is 60.3 Å². The Hall–Kier alpha value is -6.90. The molecule has 10 rings (SSSR count). The fraction of sp³-hybridized carbons (Fsp3) is 0. The van der Waals surface area contributed by atoms with E-state index in [2.05, 4.69) is 187 Å². The molecule has 244 valence electrons. The summed E-state index contributed by atoms with van der Waals surface area (Å²) in [6.45, 7) is 0. The summed E-state index contributed by atoms with van der Waals surface area (Å²) in [4.78, 5) is 2.34. The highest BCUT2D eigenvalue weighted by atomic mass is 16.3. The second-order valence-corrected chi connectivity index (χ2v) is 13.4. The average Bonchev–Trinajstić information content (AvgIpc) is 3.66. The second-order valence-electron chi connectivity index (χ2n) is 13.4. The van der Waals surface area contributed by atoms with E-state index >= 15 is 0 Å². The van der Waals surface area contributed by atoms with E-state index in [9.17, 15) is 0 Å². The Morgan fingerprint density at radius 2 is 0.885 bits per heavy atom. The topological polar surface area (TPSA) is 16.4 Å². The van der Waals surface area contributed by atoms with E-state index in [0.29, 0.717) is 0 Å². The number of benzene rings is 9. The Bertz CT molecular complexity index is 2860. The van der Waals surface area contributed by atoms with Gasteiger partial charge in [0.1, 0.15) is 11.3 Å². The van der Waals surface area contributed by atoms with E-state index in [1.165, 1.54) is 54.6 Å². The second kappa shape index (κ2) is 12.5. The first-order valence-electron chi connectivity index (χ1n) is 17.7. The fourth-order valence-electron chi connectivity index (χ4n) is 7.63. The van der Waals surface area contributed by atoms with Crippen LogP contribution in [0.2, 0.25) is 0 Å². The van der Waals surface area contributed by atoms with Gasteiger partial charge in [0, 0.05) is 28.0 Å². The summed E-state index contributed by atoms with van der Waals surface area (Å²) in [5.74, 6) is 0.857. The molecule has 0 aliphatic heterocycles. The van der Waals surface area contributed by atoms with Gasteiger partial charge < -0.3 is 9.32 Å². The van der Waals surface area contributed by atoms with Crippen molar-refractivity contribution in [2.75, 3.05) is 4.90 Å². The molecular weight excluding hydrogens is 631 g/mol. The molecule has 0 aliphatic carbocycles. The van der Waals surface area contributed by atoms with Crippen molar-refractivity contribution < 1.29 is 4.42 Å². The van der Waals surface area contributed by atoms with E-state index in [-0.39, 0.29) is 0 Å². The Morgan fingerprint density at radius 1 is 0.308 bits per heavy atom. The molecule has 2 nitrogen and oxygen atoms in total. The molecule has 0 saturated carbocycles. The van der Waals surface area contributed by atoms with Crippen LogP contribution in [0.15, 0.2) is 205 Å². The molecule has 0 atom stereocenters. The van der Waals surface area contributed by atoms with E-state index < -0.39 is 0 Å². The minimum absolute atomic E-state index is 0.857. The van der Waals surface area contributed by atoms with Crippen molar-refractivity contribution in [1.82, 2.24) is 0 Å². The first-order valence-corrected chi connectivity index (χ1v) is 17.7. The van der Waals surface area contributed by atoms with Crippen LogP contribution in [0.3, 0.4) is 0 Å². The van der Waals surface area contributed by atoms with Gasteiger partial charge >= 0.3 is 0 Å². The van der Waals surface area contributed by atoms with Crippen LogP contribution in [0, 0.1) is 0 Å². The first kappa shape index (κ1) is 30.0. The number of nitrogens with zero attached hydrogens (tertiary/aromatic N) is 1. The molecule has 1 aromatic heterocycles. The highest BCUT2D eigenvalue weighted by Crippen LogP contribution is 2.40. The molecule has 1 heterocycles. The summed E-state index contributed by atoms with van der Waals surface area (Å²) >= 11 is 0. The lowest BCUT2D eigenvalue weighted by atomic mass is 9.96. The maximum atomic E-state index is 6.30. The van der Waals surface area contributed by atoms with Crippen LogP contribution >= 0.6 is 0 Å². The Labute approximate surface area is 302 Å². The van der Waals surface area contributed by atoms with Gasteiger partial charge in [-0.15, -0.1) is 0 Å². The van der Waals surface area contributed by atoms with E-state index in [0.717, 1.165) is 39.4 Å². The van der Waals surface area contributed by atoms with Gasteiger partial charge in [-0.1, -0.05) is 152 Å². The van der Waals surface area contributed by atoms with Gasteiger partial charge in [-0.3, -0.25) is 0 Å². The number of rotatable bonds is 6. The van der Waals surface area contributed by atoms with Gasteiger partial charge in [0.25, 0.3) is 0 Å². The highest BCUT2D eigenvalue weighted by Gasteiger charge is 2.16. The normalized spacial score (nSPS) is 11.5. The Balaban J connectivity index is 1.05. The minimum atomic E-state index is 0.857. The van der Waals surface area contributed by atoms with Gasteiger partial charge in [-0.2, -0.15) is 0 Å². The van der Waals surface area contributed by atoms with Gasteiger partial charge in [0.2, 0.25) is 0 Å². The molecule has 0 unspecified atom stereocenters. The standard InChI is InChI=1S/C50H33NO/c1-4-15-45-36(9-1)12-8-17-47(45)38-21-19-34(20-22-38)35-25-27-42(28-26-35)51(44-29-30-48-39(31-44)24-23-37-10-2-5-16-46(37)48)43-14-7-13-40(32-43)50-33-41-11-3-6-18-49(41)52-50/h1-33H. The molecule has 0 aliphatic rings. The van der Waals surface area contributed by atoms with Crippen LogP contribution in [0.25, 0.3) is 76.9 Å². The summed E-state index contributed by atoms with van der Waals surface area (Å²) in [6, 6.07) is 71.7. The van der Waals surface area contributed by atoms with Crippen molar-refractivity contribution in [3.8, 4) is 33.6 Å². The van der Waals surface area contributed by atoms with Gasteiger partial charge in [-0.05, 0) is 103 Å². The summed E-state index contributed by atoms with van der Waals surface area (Å²) in [5, 5.41) is 8.60. The van der Waals surface area contributed by atoms with E-state index in [4.69, 9.17) is 4.42 Å². The predicted octanol–water partition coefficient (Wildman–Crippen LogP) is 14.4. The molecule has 10 aromatic rings. The molecule has 52 heavy (non-hydrogen) atoms. The van der Waals surface area contributed by atoms with Crippen molar-refractivity contribution in [2.45, 2.75) is 0 Å². The lowest BCUT2D eigenvalue weighted by Crippen LogP contribution is -2.10.